The van der Waals surface area contributed by atoms with Gasteiger partial charge in [-0.1, -0.05) is 27.7 Å². The maximum Gasteiger partial charge on any atom is 0.258 e. The highest BCUT2D eigenvalue weighted by Gasteiger charge is 2.28. The molecule has 0 atom stereocenters. The highest BCUT2D eigenvalue weighted by molar-refractivity contribution is 9.11. The van der Waals surface area contributed by atoms with E-state index in [9.17, 15) is 4.79 Å². The lowest BCUT2D eigenvalue weighted by Crippen LogP contribution is -2.12. The molecule has 1 aliphatic carbocycles. The third-order valence-electron chi connectivity index (χ3n) is 3.86. The second-order valence-electron chi connectivity index (χ2n) is 5.72. The van der Waals surface area contributed by atoms with Gasteiger partial charge in [-0.3, -0.25) is 4.79 Å². The van der Waals surface area contributed by atoms with Gasteiger partial charge in [-0.05, 0) is 47.8 Å². The molecule has 1 fully saturated rings. The third kappa shape index (κ3) is 3.04. The van der Waals surface area contributed by atoms with Crippen LogP contribution in [-0.2, 0) is 5.75 Å². The van der Waals surface area contributed by atoms with Gasteiger partial charge in [-0.25, -0.2) is 4.98 Å². The summed E-state index contributed by atoms with van der Waals surface area (Å²) >= 11 is 8.42. The second kappa shape index (κ2) is 6.27. The van der Waals surface area contributed by atoms with Crippen LogP contribution in [0.25, 0.3) is 10.9 Å². The molecule has 1 aromatic carbocycles. The standard InChI is InChI=1S/C15H13Br2N5OS/c1-7-20-21-15(22(7)9-2-3-9)24-6-12-18-13-10(14(23)19-12)4-8(16)5-11(13)17/h4-5,9H,2-3,6H2,1H3,(H,18,19,23). The molecule has 1 aliphatic rings. The van der Waals surface area contributed by atoms with Crippen molar-refractivity contribution < 1.29 is 0 Å². The molecule has 3 aromatic rings. The van der Waals surface area contributed by atoms with Crippen molar-refractivity contribution in [2.45, 2.75) is 36.7 Å². The van der Waals surface area contributed by atoms with E-state index in [0.717, 1.165) is 19.9 Å². The average molecular weight is 471 g/mol. The lowest BCUT2D eigenvalue weighted by atomic mass is 10.2. The van der Waals surface area contributed by atoms with E-state index in [-0.39, 0.29) is 5.56 Å². The number of nitrogens with zero attached hydrogens (tertiary/aromatic N) is 4. The van der Waals surface area contributed by atoms with Crippen LogP contribution in [0.1, 0.15) is 30.5 Å². The Morgan fingerprint density at radius 1 is 1.33 bits per heavy atom. The number of aromatic amines is 1. The summed E-state index contributed by atoms with van der Waals surface area (Å²) in [6.07, 6.45) is 2.36. The summed E-state index contributed by atoms with van der Waals surface area (Å²) in [7, 11) is 0. The summed E-state index contributed by atoms with van der Waals surface area (Å²) < 4.78 is 3.81. The minimum atomic E-state index is -0.141. The van der Waals surface area contributed by atoms with Crippen molar-refractivity contribution in [2.75, 3.05) is 0 Å². The molecule has 0 spiro atoms. The molecule has 2 aromatic heterocycles. The SMILES string of the molecule is Cc1nnc(SCc2nc3c(Br)cc(Br)cc3c(=O)[nH]2)n1C1CC1. The zero-order valence-electron chi connectivity index (χ0n) is 12.7. The Balaban J connectivity index is 1.65. The number of aromatic nitrogens is 5. The number of hydrogen-bond donors (Lipinski definition) is 1. The molecule has 1 saturated carbocycles. The van der Waals surface area contributed by atoms with Crippen LogP contribution >= 0.6 is 43.6 Å². The molecule has 0 radical (unpaired) electrons. The van der Waals surface area contributed by atoms with Crippen molar-refractivity contribution in [1.82, 2.24) is 24.7 Å². The molecule has 24 heavy (non-hydrogen) atoms. The first kappa shape index (κ1) is 16.3. The normalized spacial score (nSPS) is 14.5. The molecule has 0 unspecified atom stereocenters. The predicted molar refractivity (Wildman–Crippen MR) is 100 cm³/mol. The summed E-state index contributed by atoms with van der Waals surface area (Å²) in [5.41, 5.74) is 0.523. The summed E-state index contributed by atoms with van der Waals surface area (Å²) in [5, 5.41) is 9.85. The Kier molecular flexibility index (Phi) is 4.26. The van der Waals surface area contributed by atoms with Gasteiger partial charge in [-0.15, -0.1) is 10.2 Å². The summed E-state index contributed by atoms with van der Waals surface area (Å²) in [6.45, 7) is 1.97. The van der Waals surface area contributed by atoms with E-state index >= 15 is 0 Å². The second-order valence-corrected chi connectivity index (χ2v) is 8.43. The van der Waals surface area contributed by atoms with E-state index in [1.54, 1.807) is 17.8 Å². The zero-order chi connectivity index (χ0) is 16.8. The Hall–Kier alpha value is -1.19. The molecular formula is C15H13Br2N5OS. The number of rotatable bonds is 4. The molecule has 9 heteroatoms. The molecule has 0 bridgehead atoms. The molecular weight excluding hydrogens is 458 g/mol. The van der Waals surface area contributed by atoms with E-state index in [2.05, 4.69) is 56.6 Å². The van der Waals surface area contributed by atoms with Gasteiger partial charge in [0.1, 0.15) is 11.6 Å². The minimum absolute atomic E-state index is 0.141. The highest BCUT2D eigenvalue weighted by atomic mass is 79.9. The number of hydrogen-bond acceptors (Lipinski definition) is 5. The summed E-state index contributed by atoms with van der Waals surface area (Å²) in [4.78, 5) is 19.8. The van der Waals surface area contributed by atoms with Crippen LogP contribution in [0.2, 0.25) is 0 Å². The number of fused-ring (bicyclic) bond motifs is 1. The maximum atomic E-state index is 12.3. The van der Waals surface area contributed by atoms with Crippen LogP contribution in [0.15, 0.2) is 31.0 Å². The van der Waals surface area contributed by atoms with Crippen LogP contribution in [0, 0.1) is 6.92 Å². The molecule has 0 amide bonds. The van der Waals surface area contributed by atoms with Gasteiger partial charge in [0, 0.05) is 15.0 Å². The average Bonchev–Trinajstić information content (AvgIpc) is 3.30. The highest BCUT2D eigenvalue weighted by Crippen LogP contribution is 2.39. The molecule has 4 rings (SSSR count). The van der Waals surface area contributed by atoms with E-state index in [1.165, 1.54) is 12.8 Å². The first-order valence-electron chi connectivity index (χ1n) is 7.45. The summed E-state index contributed by atoms with van der Waals surface area (Å²) in [6, 6.07) is 4.19. The van der Waals surface area contributed by atoms with Crippen LogP contribution in [-0.4, -0.2) is 24.7 Å². The fourth-order valence-corrected chi connectivity index (χ4v) is 4.85. The molecule has 1 N–H and O–H groups in total. The smallest absolute Gasteiger partial charge is 0.258 e. The van der Waals surface area contributed by atoms with Gasteiger partial charge in [0.2, 0.25) is 0 Å². The monoisotopic (exact) mass is 469 g/mol. The van der Waals surface area contributed by atoms with Crippen molar-refractivity contribution in [3.8, 4) is 0 Å². The Labute approximate surface area is 158 Å². The Morgan fingerprint density at radius 2 is 2.12 bits per heavy atom. The van der Waals surface area contributed by atoms with Crippen molar-refractivity contribution in [3.63, 3.8) is 0 Å². The van der Waals surface area contributed by atoms with Crippen molar-refractivity contribution in [1.29, 1.82) is 0 Å². The molecule has 124 valence electrons. The molecule has 6 nitrogen and oxygen atoms in total. The van der Waals surface area contributed by atoms with Gasteiger partial charge in [0.05, 0.1) is 16.7 Å². The summed E-state index contributed by atoms with van der Waals surface area (Å²) in [5.74, 6) is 2.11. The first-order valence-corrected chi connectivity index (χ1v) is 10.0. The minimum Gasteiger partial charge on any atom is -0.309 e. The zero-order valence-corrected chi connectivity index (χ0v) is 16.7. The molecule has 2 heterocycles. The predicted octanol–water partition coefficient (Wildman–Crippen LogP) is 3.98. The van der Waals surface area contributed by atoms with Crippen molar-refractivity contribution in [3.05, 3.63) is 43.1 Å². The third-order valence-corrected chi connectivity index (χ3v) is 5.88. The first-order chi connectivity index (χ1) is 11.5. The Bertz CT molecular complexity index is 995. The van der Waals surface area contributed by atoms with Gasteiger partial charge in [-0.2, -0.15) is 0 Å². The molecule has 0 aliphatic heterocycles. The number of H-pyrrole nitrogens is 1. The molecule has 0 saturated heterocycles. The fourth-order valence-electron chi connectivity index (χ4n) is 2.62. The lowest BCUT2D eigenvalue weighted by molar-refractivity contribution is 0.644. The van der Waals surface area contributed by atoms with Gasteiger partial charge < -0.3 is 9.55 Å². The number of halogens is 2. The van der Waals surface area contributed by atoms with Crippen LogP contribution in [0.3, 0.4) is 0 Å². The quantitative estimate of drug-likeness (QED) is 0.583. The maximum absolute atomic E-state index is 12.3. The van der Waals surface area contributed by atoms with Crippen LogP contribution in [0.4, 0.5) is 0 Å². The topological polar surface area (TPSA) is 76.5 Å². The number of thioether (sulfide) groups is 1. The number of aryl methyl sites for hydroxylation is 1. The van der Waals surface area contributed by atoms with Crippen molar-refractivity contribution in [2.24, 2.45) is 0 Å². The van der Waals surface area contributed by atoms with Gasteiger partial charge >= 0.3 is 0 Å². The van der Waals surface area contributed by atoms with E-state index in [4.69, 9.17) is 0 Å². The Morgan fingerprint density at radius 3 is 2.88 bits per heavy atom. The van der Waals surface area contributed by atoms with E-state index in [0.29, 0.717) is 28.5 Å². The van der Waals surface area contributed by atoms with E-state index in [1.807, 2.05) is 13.0 Å². The van der Waals surface area contributed by atoms with Crippen LogP contribution < -0.4 is 5.56 Å². The van der Waals surface area contributed by atoms with Gasteiger partial charge in [0.15, 0.2) is 5.16 Å². The number of nitrogens with one attached hydrogen (secondary N) is 1. The largest absolute Gasteiger partial charge is 0.309 e. The van der Waals surface area contributed by atoms with Crippen LogP contribution in [0.5, 0.6) is 0 Å². The fraction of sp³-hybridized carbons (Fsp3) is 0.333. The lowest BCUT2D eigenvalue weighted by Gasteiger charge is -2.07. The van der Waals surface area contributed by atoms with E-state index < -0.39 is 0 Å². The number of benzene rings is 1. The van der Waals surface area contributed by atoms with Crippen molar-refractivity contribution >= 4 is 54.5 Å². The van der Waals surface area contributed by atoms with Gasteiger partial charge in [0.25, 0.3) is 5.56 Å².